The summed E-state index contributed by atoms with van der Waals surface area (Å²) >= 11 is 0. The summed E-state index contributed by atoms with van der Waals surface area (Å²) < 4.78 is 5.05. The maximum atomic E-state index is 12.8. The Bertz CT molecular complexity index is 800. The van der Waals surface area contributed by atoms with Crippen LogP contribution in [0.5, 0.6) is 0 Å². The van der Waals surface area contributed by atoms with Gasteiger partial charge in [0.15, 0.2) is 0 Å². The number of carbonyl (C=O) groups is 1. The Morgan fingerprint density at radius 1 is 1.20 bits per heavy atom. The van der Waals surface area contributed by atoms with Gasteiger partial charge in [0, 0.05) is 31.4 Å². The fraction of sp³-hybridized carbons (Fsp3) is 0.250. The Labute approximate surface area is 147 Å². The molecule has 5 nitrogen and oxygen atoms in total. The quantitative estimate of drug-likeness (QED) is 0.720. The Balaban J connectivity index is 1.66. The van der Waals surface area contributed by atoms with Gasteiger partial charge in [-0.3, -0.25) is 9.78 Å². The predicted octanol–water partition coefficient (Wildman–Crippen LogP) is 3.06. The lowest BCUT2D eigenvalue weighted by Crippen LogP contribution is -2.32. The van der Waals surface area contributed by atoms with Gasteiger partial charge in [-0.15, -0.1) is 0 Å². The Kier molecular flexibility index (Phi) is 5.57. The van der Waals surface area contributed by atoms with Gasteiger partial charge in [0.2, 0.25) is 5.91 Å². The second-order valence-electron chi connectivity index (χ2n) is 6.00. The zero-order valence-electron chi connectivity index (χ0n) is 14.2. The van der Waals surface area contributed by atoms with E-state index in [0.29, 0.717) is 19.4 Å². The van der Waals surface area contributed by atoms with Crippen molar-refractivity contribution < 1.29 is 9.32 Å². The molecule has 0 aliphatic carbocycles. The highest BCUT2D eigenvalue weighted by Crippen LogP contribution is 2.21. The van der Waals surface area contributed by atoms with Crippen LogP contribution in [0, 0.1) is 6.92 Å². The number of carbonyl (C=O) groups excluding carboxylic acids is 1. The number of hydrogen-bond donors (Lipinski definition) is 1. The summed E-state index contributed by atoms with van der Waals surface area (Å²) in [4.78, 5) is 16.9. The lowest BCUT2D eigenvalue weighted by atomic mass is 9.91. The van der Waals surface area contributed by atoms with Gasteiger partial charge in [-0.25, -0.2) is 0 Å². The summed E-state index contributed by atoms with van der Waals surface area (Å²) in [5, 5.41) is 6.97. The predicted molar refractivity (Wildman–Crippen MR) is 95.1 cm³/mol. The second-order valence-corrected chi connectivity index (χ2v) is 6.00. The van der Waals surface area contributed by atoms with Gasteiger partial charge < -0.3 is 9.84 Å². The van der Waals surface area contributed by atoms with E-state index in [4.69, 9.17) is 4.52 Å². The normalized spacial score (nSPS) is 11.9. The SMILES string of the molecule is Cc1cc(CCNC(=O)C(Cc2cccnc2)c2ccccc2)no1. The first kappa shape index (κ1) is 16.9. The third-order valence-electron chi connectivity index (χ3n) is 4.04. The van der Waals surface area contributed by atoms with Crippen molar-refractivity contribution in [2.75, 3.05) is 6.54 Å². The fourth-order valence-electron chi connectivity index (χ4n) is 2.77. The first-order chi connectivity index (χ1) is 12.2. The molecule has 0 aliphatic heterocycles. The molecule has 2 heterocycles. The molecule has 1 unspecified atom stereocenters. The molecule has 0 bridgehead atoms. The maximum absolute atomic E-state index is 12.8. The number of amides is 1. The van der Waals surface area contributed by atoms with Crippen LogP contribution in [0.4, 0.5) is 0 Å². The third-order valence-corrected chi connectivity index (χ3v) is 4.04. The Hall–Kier alpha value is -2.95. The van der Waals surface area contributed by atoms with Crippen molar-refractivity contribution in [1.29, 1.82) is 0 Å². The lowest BCUT2D eigenvalue weighted by molar-refractivity contribution is -0.122. The number of aromatic nitrogens is 2. The molecular formula is C20H21N3O2. The smallest absolute Gasteiger partial charge is 0.227 e. The average molecular weight is 335 g/mol. The van der Waals surface area contributed by atoms with Gasteiger partial charge in [0.25, 0.3) is 0 Å². The number of rotatable bonds is 7. The minimum Gasteiger partial charge on any atom is -0.361 e. The van der Waals surface area contributed by atoms with E-state index in [9.17, 15) is 4.79 Å². The van der Waals surface area contributed by atoms with E-state index in [0.717, 1.165) is 22.6 Å². The van der Waals surface area contributed by atoms with Crippen molar-refractivity contribution in [3.8, 4) is 0 Å². The minimum atomic E-state index is -0.246. The molecule has 1 aromatic carbocycles. The monoisotopic (exact) mass is 335 g/mol. The van der Waals surface area contributed by atoms with Crippen LogP contribution in [0.2, 0.25) is 0 Å². The first-order valence-electron chi connectivity index (χ1n) is 8.36. The minimum absolute atomic E-state index is 0.00951. The van der Waals surface area contributed by atoms with Gasteiger partial charge in [-0.2, -0.15) is 0 Å². The van der Waals surface area contributed by atoms with Crippen molar-refractivity contribution in [3.63, 3.8) is 0 Å². The zero-order chi connectivity index (χ0) is 17.5. The molecule has 3 rings (SSSR count). The molecule has 0 saturated heterocycles. The Morgan fingerprint density at radius 2 is 2.04 bits per heavy atom. The zero-order valence-corrected chi connectivity index (χ0v) is 14.2. The van der Waals surface area contributed by atoms with Crippen molar-refractivity contribution >= 4 is 5.91 Å². The number of benzene rings is 1. The number of nitrogens with zero attached hydrogens (tertiary/aromatic N) is 2. The summed E-state index contributed by atoms with van der Waals surface area (Å²) in [6, 6.07) is 15.6. The van der Waals surface area contributed by atoms with Crippen LogP contribution in [-0.4, -0.2) is 22.6 Å². The van der Waals surface area contributed by atoms with Crippen molar-refractivity contribution in [1.82, 2.24) is 15.5 Å². The second kappa shape index (κ2) is 8.24. The summed E-state index contributed by atoms with van der Waals surface area (Å²) in [6.07, 6.45) is 4.81. The molecule has 0 saturated carbocycles. The highest BCUT2D eigenvalue weighted by molar-refractivity contribution is 5.84. The summed E-state index contributed by atoms with van der Waals surface area (Å²) in [6.45, 7) is 2.38. The molecule has 0 radical (unpaired) electrons. The van der Waals surface area contributed by atoms with Crippen LogP contribution >= 0.6 is 0 Å². The van der Waals surface area contributed by atoms with Crippen LogP contribution in [0.1, 0.15) is 28.5 Å². The summed E-state index contributed by atoms with van der Waals surface area (Å²) in [5.74, 6) is 0.541. The molecule has 1 atom stereocenters. The average Bonchev–Trinajstić information content (AvgIpc) is 3.06. The van der Waals surface area contributed by atoms with E-state index in [1.54, 1.807) is 12.4 Å². The van der Waals surface area contributed by atoms with Gasteiger partial charge in [-0.05, 0) is 30.5 Å². The van der Waals surface area contributed by atoms with E-state index in [-0.39, 0.29) is 11.8 Å². The molecule has 3 aromatic rings. The maximum Gasteiger partial charge on any atom is 0.227 e. The molecule has 0 spiro atoms. The molecule has 25 heavy (non-hydrogen) atoms. The van der Waals surface area contributed by atoms with Crippen LogP contribution in [0.3, 0.4) is 0 Å². The van der Waals surface area contributed by atoms with Crippen LogP contribution in [0.15, 0.2) is 65.4 Å². The molecule has 1 N–H and O–H groups in total. The van der Waals surface area contributed by atoms with Crippen molar-refractivity contribution in [2.45, 2.75) is 25.7 Å². The third kappa shape index (κ3) is 4.76. The largest absolute Gasteiger partial charge is 0.361 e. The molecule has 0 aliphatic rings. The number of pyridine rings is 1. The van der Waals surface area contributed by atoms with E-state index in [1.165, 1.54) is 0 Å². The van der Waals surface area contributed by atoms with Crippen molar-refractivity contribution in [3.05, 3.63) is 83.5 Å². The Morgan fingerprint density at radius 3 is 2.72 bits per heavy atom. The van der Waals surface area contributed by atoms with Crippen LogP contribution in [-0.2, 0) is 17.6 Å². The molecule has 1 amide bonds. The number of hydrogen-bond acceptors (Lipinski definition) is 4. The standard InChI is InChI=1S/C20H21N3O2/c1-15-12-18(23-25-15)9-11-22-20(24)19(17-7-3-2-4-8-17)13-16-6-5-10-21-14-16/h2-8,10,12,14,19H,9,11,13H2,1H3,(H,22,24). The molecule has 5 heteroatoms. The molecule has 0 fully saturated rings. The molecule has 2 aromatic heterocycles. The number of aryl methyl sites for hydroxylation is 1. The van der Waals surface area contributed by atoms with E-state index in [2.05, 4.69) is 15.5 Å². The van der Waals surface area contributed by atoms with Gasteiger partial charge in [0.1, 0.15) is 5.76 Å². The molecular weight excluding hydrogens is 314 g/mol. The van der Waals surface area contributed by atoms with Gasteiger partial charge in [-0.1, -0.05) is 41.6 Å². The fourth-order valence-corrected chi connectivity index (χ4v) is 2.77. The topological polar surface area (TPSA) is 68.0 Å². The van der Waals surface area contributed by atoms with E-state index in [1.807, 2.05) is 55.5 Å². The summed E-state index contributed by atoms with van der Waals surface area (Å²) in [5.41, 5.74) is 2.89. The van der Waals surface area contributed by atoms with E-state index < -0.39 is 0 Å². The summed E-state index contributed by atoms with van der Waals surface area (Å²) in [7, 11) is 0. The first-order valence-corrected chi connectivity index (χ1v) is 8.36. The van der Waals surface area contributed by atoms with Crippen molar-refractivity contribution in [2.24, 2.45) is 0 Å². The number of nitrogens with one attached hydrogen (secondary N) is 1. The highest BCUT2D eigenvalue weighted by Gasteiger charge is 2.20. The van der Waals surface area contributed by atoms with Gasteiger partial charge >= 0.3 is 0 Å². The highest BCUT2D eigenvalue weighted by atomic mass is 16.5. The van der Waals surface area contributed by atoms with E-state index >= 15 is 0 Å². The lowest BCUT2D eigenvalue weighted by Gasteiger charge is -2.17. The van der Waals surface area contributed by atoms with Gasteiger partial charge in [0.05, 0.1) is 11.6 Å². The molecule has 128 valence electrons. The van der Waals surface area contributed by atoms with Crippen LogP contribution in [0.25, 0.3) is 0 Å². The van der Waals surface area contributed by atoms with Crippen LogP contribution < -0.4 is 5.32 Å².